The highest BCUT2D eigenvalue weighted by molar-refractivity contribution is 6.30. The first kappa shape index (κ1) is 14.1. The molecule has 0 aliphatic heterocycles. The average molecular weight is 278 g/mol. The Bertz CT molecular complexity index is 488. The maximum atomic E-state index is 6.16. The maximum absolute atomic E-state index is 6.16. The molecule has 1 unspecified atom stereocenters. The van der Waals surface area contributed by atoms with E-state index >= 15 is 0 Å². The minimum absolute atomic E-state index is 0.239. The molecule has 2 rings (SSSR count). The Labute approximate surface area is 119 Å². The molecule has 1 aromatic heterocycles. The number of benzene rings is 1. The van der Waals surface area contributed by atoms with Crippen molar-refractivity contribution in [3.63, 3.8) is 0 Å². The van der Waals surface area contributed by atoms with Gasteiger partial charge in [0.15, 0.2) is 0 Å². The van der Waals surface area contributed by atoms with Crippen LogP contribution in [0.4, 0.5) is 0 Å². The zero-order valence-electron chi connectivity index (χ0n) is 11.4. The molecular weight excluding hydrogens is 258 g/mol. The normalized spacial score (nSPS) is 12.6. The molecule has 2 aromatic rings. The summed E-state index contributed by atoms with van der Waals surface area (Å²) in [6.45, 7) is 5.22. The van der Waals surface area contributed by atoms with Crippen molar-refractivity contribution in [2.24, 2.45) is 0 Å². The molecule has 0 radical (unpaired) electrons. The van der Waals surface area contributed by atoms with E-state index in [-0.39, 0.29) is 6.04 Å². The Balaban J connectivity index is 2.20. The van der Waals surface area contributed by atoms with Crippen molar-refractivity contribution in [3.05, 3.63) is 52.6 Å². The summed E-state index contributed by atoms with van der Waals surface area (Å²) in [5.74, 6) is 0.992. The first-order valence-corrected chi connectivity index (χ1v) is 7.05. The third kappa shape index (κ3) is 4.08. The molecule has 0 bridgehead atoms. The number of hydrogen-bond acceptors (Lipinski definition) is 2. The molecule has 3 nitrogen and oxygen atoms in total. The lowest BCUT2D eigenvalue weighted by Gasteiger charge is -2.19. The molecule has 4 heteroatoms. The minimum Gasteiger partial charge on any atom is -0.349 e. The number of aromatic nitrogens is 2. The van der Waals surface area contributed by atoms with Crippen LogP contribution in [0.5, 0.6) is 0 Å². The highest BCUT2D eigenvalue weighted by Crippen LogP contribution is 2.22. The van der Waals surface area contributed by atoms with Crippen LogP contribution in [-0.2, 0) is 6.42 Å². The van der Waals surface area contributed by atoms with Gasteiger partial charge in [-0.15, -0.1) is 0 Å². The van der Waals surface area contributed by atoms with Gasteiger partial charge in [-0.1, -0.05) is 24.6 Å². The summed E-state index contributed by atoms with van der Waals surface area (Å²) >= 11 is 6.16. The third-order valence-electron chi connectivity index (χ3n) is 3.06. The van der Waals surface area contributed by atoms with E-state index in [0.717, 1.165) is 30.2 Å². The van der Waals surface area contributed by atoms with Crippen LogP contribution in [0.2, 0.25) is 5.02 Å². The van der Waals surface area contributed by atoms with Gasteiger partial charge in [-0.3, -0.25) is 0 Å². The molecule has 102 valence electrons. The predicted octanol–water partition coefficient (Wildman–Crippen LogP) is 3.65. The van der Waals surface area contributed by atoms with Crippen molar-refractivity contribution in [2.45, 2.75) is 32.7 Å². The summed E-state index contributed by atoms with van der Waals surface area (Å²) in [7, 11) is 0. The van der Waals surface area contributed by atoms with Crippen molar-refractivity contribution in [1.82, 2.24) is 15.3 Å². The molecule has 0 aliphatic carbocycles. The van der Waals surface area contributed by atoms with E-state index < -0.39 is 0 Å². The number of nitrogens with zero attached hydrogens (tertiary/aromatic N) is 1. The molecule has 1 heterocycles. The van der Waals surface area contributed by atoms with Crippen LogP contribution in [-0.4, -0.2) is 16.5 Å². The van der Waals surface area contributed by atoms with Crippen LogP contribution in [0.3, 0.4) is 0 Å². The van der Waals surface area contributed by atoms with Gasteiger partial charge in [0.05, 0.1) is 0 Å². The fraction of sp³-hybridized carbons (Fsp3) is 0.400. The number of hydrogen-bond donors (Lipinski definition) is 2. The van der Waals surface area contributed by atoms with E-state index in [1.54, 1.807) is 6.20 Å². The topological polar surface area (TPSA) is 40.7 Å². The highest BCUT2D eigenvalue weighted by Gasteiger charge is 2.13. The lowest BCUT2D eigenvalue weighted by atomic mass is 10.0. The number of aryl methyl sites for hydroxylation is 1. The second kappa shape index (κ2) is 6.73. The van der Waals surface area contributed by atoms with Crippen LogP contribution in [0.15, 0.2) is 30.6 Å². The van der Waals surface area contributed by atoms with Crippen molar-refractivity contribution in [3.8, 4) is 0 Å². The van der Waals surface area contributed by atoms with Gasteiger partial charge in [0, 0.05) is 29.9 Å². The molecule has 1 aromatic carbocycles. The van der Waals surface area contributed by atoms with Gasteiger partial charge in [-0.05, 0) is 43.1 Å². The van der Waals surface area contributed by atoms with Gasteiger partial charge in [0.1, 0.15) is 5.82 Å². The Morgan fingerprint density at radius 3 is 2.84 bits per heavy atom. The molecular formula is C15H20ClN3. The van der Waals surface area contributed by atoms with E-state index in [0.29, 0.717) is 0 Å². The lowest BCUT2D eigenvalue weighted by molar-refractivity contribution is 0.520. The molecule has 0 spiro atoms. The van der Waals surface area contributed by atoms with Gasteiger partial charge in [-0.2, -0.15) is 0 Å². The Morgan fingerprint density at radius 2 is 2.21 bits per heavy atom. The van der Waals surface area contributed by atoms with Crippen molar-refractivity contribution in [2.75, 3.05) is 6.54 Å². The zero-order chi connectivity index (χ0) is 13.7. The second-order valence-electron chi connectivity index (χ2n) is 4.81. The molecule has 0 fully saturated rings. The van der Waals surface area contributed by atoms with E-state index in [4.69, 9.17) is 11.6 Å². The number of rotatable bonds is 6. The Hall–Kier alpha value is -1.32. The minimum atomic E-state index is 0.239. The smallest absolute Gasteiger partial charge is 0.107 e. The van der Waals surface area contributed by atoms with Gasteiger partial charge in [-0.25, -0.2) is 4.98 Å². The molecule has 0 amide bonds. The van der Waals surface area contributed by atoms with E-state index in [1.165, 1.54) is 11.1 Å². The second-order valence-corrected chi connectivity index (χ2v) is 5.25. The maximum Gasteiger partial charge on any atom is 0.107 e. The average Bonchev–Trinajstić information content (AvgIpc) is 2.86. The van der Waals surface area contributed by atoms with Crippen LogP contribution < -0.4 is 5.32 Å². The Morgan fingerprint density at radius 1 is 1.37 bits per heavy atom. The zero-order valence-corrected chi connectivity index (χ0v) is 12.2. The number of aromatic amines is 1. The van der Waals surface area contributed by atoms with Crippen LogP contribution in [0.1, 0.15) is 36.3 Å². The number of nitrogens with one attached hydrogen (secondary N) is 2. The monoisotopic (exact) mass is 277 g/mol. The Kier molecular flexibility index (Phi) is 5.00. The van der Waals surface area contributed by atoms with Crippen LogP contribution >= 0.6 is 11.6 Å². The molecule has 0 saturated heterocycles. The van der Waals surface area contributed by atoms with Crippen LogP contribution in [0.25, 0.3) is 0 Å². The molecule has 0 saturated carbocycles. The first-order valence-electron chi connectivity index (χ1n) is 6.67. The van der Waals surface area contributed by atoms with E-state index in [1.807, 2.05) is 18.3 Å². The standard InChI is InChI=1S/C15H20ClN3/c1-3-4-17-14(10-15-18-5-6-19-15)12-7-11(2)8-13(16)9-12/h5-9,14,17H,3-4,10H2,1-2H3,(H,18,19). The van der Waals surface area contributed by atoms with Crippen LogP contribution in [0, 0.1) is 6.92 Å². The molecule has 19 heavy (non-hydrogen) atoms. The van der Waals surface area contributed by atoms with Gasteiger partial charge in [0.2, 0.25) is 0 Å². The van der Waals surface area contributed by atoms with Gasteiger partial charge >= 0.3 is 0 Å². The number of halogens is 1. The summed E-state index contributed by atoms with van der Waals surface area (Å²) in [5.41, 5.74) is 2.40. The SMILES string of the molecule is CCCNC(Cc1ncc[nH]1)c1cc(C)cc(Cl)c1. The van der Waals surface area contributed by atoms with E-state index in [9.17, 15) is 0 Å². The van der Waals surface area contributed by atoms with Crippen molar-refractivity contribution >= 4 is 11.6 Å². The highest BCUT2D eigenvalue weighted by atomic mass is 35.5. The molecule has 0 aliphatic rings. The summed E-state index contributed by atoms with van der Waals surface area (Å²) < 4.78 is 0. The third-order valence-corrected chi connectivity index (χ3v) is 3.28. The van der Waals surface area contributed by atoms with Gasteiger partial charge < -0.3 is 10.3 Å². The predicted molar refractivity (Wildman–Crippen MR) is 79.5 cm³/mol. The summed E-state index contributed by atoms with van der Waals surface area (Å²) in [4.78, 5) is 7.46. The number of H-pyrrole nitrogens is 1. The fourth-order valence-electron chi connectivity index (χ4n) is 2.20. The molecule has 2 N–H and O–H groups in total. The summed E-state index contributed by atoms with van der Waals surface area (Å²) in [6, 6.07) is 6.44. The number of imidazole rings is 1. The first-order chi connectivity index (χ1) is 9.19. The molecule has 1 atom stereocenters. The fourth-order valence-corrected chi connectivity index (χ4v) is 2.49. The van der Waals surface area contributed by atoms with E-state index in [2.05, 4.69) is 35.2 Å². The van der Waals surface area contributed by atoms with Crippen molar-refractivity contribution in [1.29, 1.82) is 0 Å². The summed E-state index contributed by atoms with van der Waals surface area (Å²) in [6.07, 6.45) is 5.59. The van der Waals surface area contributed by atoms with Gasteiger partial charge in [0.25, 0.3) is 0 Å². The van der Waals surface area contributed by atoms with Crippen molar-refractivity contribution < 1.29 is 0 Å². The lowest BCUT2D eigenvalue weighted by Crippen LogP contribution is -2.24. The quantitative estimate of drug-likeness (QED) is 0.846. The largest absolute Gasteiger partial charge is 0.349 e. The summed E-state index contributed by atoms with van der Waals surface area (Å²) in [5, 5.41) is 4.35.